The van der Waals surface area contributed by atoms with Crippen LogP contribution < -0.4 is 4.74 Å². The first-order valence-corrected chi connectivity index (χ1v) is 6.78. The molecule has 1 N–H and O–H groups in total. The molecule has 0 aliphatic carbocycles. The molecule has 0 fully saturated rings. The third-order valence-corrected chi connectivity index (χ3v) is 3.56. The van der Waals surface area contributed by atoms with Crippen molar-refractivity contribution in [3.63, 3.8) is 0 Å². The van der Waals surface area contributed by atoms with Crippen LogP contribution in [0.2, 0.25) is 10.0 Å². The summed E-state index contributed by atoms with van der Waals surface area (Å²) in [7, 11) is 0. The highest BCUT2D eigenvalue weighted by Crippen LogP contribution is 2.29. The Morgan fingerprint density at radius 2 is 1.85 bits per heavy atom. The molecule has 0 heterocycles. The summed E-state index contributed by atoms with van der Waals surface area (Å²) in [5.74, 6) is -0.0265. The third-order valence-electron chi connectivity index (χ3n) is 2.86. The van der Waals surface area contributed by atoms with Gasteiger partial charge in [0.05, 0.1) is 6.10 Å². The van der Waals surface area contributed by atoms with Gasteiger partial charge in [0.1, 0.15) is 18.2 Å². The molecule has 0 bridgehead atoms. The van der Waals surface area contributed by atoms with Crippen molar-refractivity contribution >= 4 is 23.2 Å². The molecule has 1 atom stereocenters. The van der Waals surface area contributed by atoms with E-state index in [-0.39, 0.29) is 6.61 Å². The molecule has 0 saturated heterocycles. The number of hydrogen-bond acceptors (Lipinski definition) is 2. The van der Waals surface area contributed by atoms with Crippen molar-refractivity contribution in [3.05, 3.63) is 63.4 Å². The smallest absolute Gasteiger partial charge is 0.125 e. The minimum absolute atomic E-state index is 0.143. The van der Waals surface area contributed by atoms with E-state index in [1.54, 1.807) is 25.1 Å². The van der Waals surface area contributed by atoms with Gasteiger partial charge in [0.25, 0.3) is 0 Å². The molecule has 0 unspecified atom stereocenters. The van der Waals surface area contributed by atoms with Gasteiger partial charge in [0.15, 0.2) is 0 Å². The van der Waals surface area contributed by atoms with Crippen molar-refractivity contribution in [1.29, 1.82) is 0 Å². The van der Waals surface area contributed by atoms with Gasteiger partial charge in [-0.1, -0.05) is 29.3 Å². The number of halogens is 3. The standard InChI is InChI=1S/C15H13Cl2FO2/c1-9(19)11-7-10(18)5-6-15(11)20-8-12-13(16)3-2-4-14(12)17/h2-7,9,19H,8H2,1H3/t9-/m0/s1. The van der Waals surface area contributed by atoms with Crippen LogP contribution in [0.4, 0.5) is 4.39 Å². The molecule has 0 aliphatic rings. The topological polar surface area (TPSA) is 29.5 Å². The van der Waals surface area contributed by atoms with Crippen molar-refractivity contribution in [2.24, 2.45) is 0 Å². The molecule has 0 spiro atoms. The first-order valence-electron chi connectivity index (χ1n) is 6.02. The Labute approximate surface area is 126 Å². The summed E-state index contributed by atoms with van der Waals surface area (Å²) in [6, 6.07) is 9.16. The molecule has 2 nitrogen and oxygen atoms in total. The van der Waals surface area contributed by atoms with Crippen molar-refractivity contribution in [2.75, 3.05) is 0 Å². The summed E-state index contributed by atoms with van der Waals surface area (Å²) in [5, 5.41) is 10.6. The van der Waals surface area contributed by atoms with E-state index in [4.69, 9.17) is 27.9 Å². The van der Waals surface area contributed by atoms with Gasteiger partial charge in [-0.15, -0.1) is 0 Å². The highest BCUT2D eigenvalue weighted by molar-refractivity contribution is 6.35. The van der Waals surface area contributed by atoms with Crippen molar-refractivity contribution in [2.45, 2.75) is 19.6 Å². The van der Waals surface area contributed by atoms with E-state index in [1.807, 2.05) is 0 Å². The Kier molecular flexibility index (Phi) is 4.86. The third kappa shape index (κ3) is 3.42. The highest BCUT2D eigenvalue weighted by atomic mass is 35.5. The second-order valence-electron chi connectivity index (χ2n) is 4.35. The Morgan fingerprint density at radius 3 is 2.45 bits per heavy atom. The van der Waals surface area contributed by atoms with E-state index < -0.39 is 11.9 Å². The number of ether oxygens (including phenoxy) is 1. The van der Waals surface area contributed by atoms with E-state index in [9.17, 15) is 9.50 Å². The minimum atomic E-state index is -0.831. The highest BCUT2D eigenvalue weighted by Gasteiger charge is 2.12. The van der Waals surface area contributed by atoms with Crippen molar-refractivity contribution in [3.8, 4) is 5.75 Å². The molecular formula is C15H13Cl2FO2. The predicted molar refractivity (Wildman–Crippen MR) is 77.8 cm³/mol. The monoisotopic (exact) mass is 314 g/mol. The molecule has 5 heteroatoms. The number of benzene rings is 2. The first kappa shape index (κ1) is 15.1. The summed E-state index contributed by atoms with van der Waals surface area (Å²) < 4.78 is 18.8. The zero-order chi connectivity index (χ0) is 14.7. The van der Waals surface area contributed by atoms with Crippen molar-refractivity contribution < 1.29 is 14.2 Å². The lowest BCUT2D eigenvalue weighted by Crippen LogP contribution is -2.02. The van der Waals surface area contributed by atoms with Crippen LogP contribution in [0.5, 0.6) is 5.75 Å². The van der Waals surface area contributed by atoms with Crippen molar-refractivity contribution in [1.82, 2.24) is 0 Å². The fraction of sp³-hybridized carbons (Fsp3) is 0.200. The summed E-state index contributed by atoms with van der Waals surface area (Å²) in [6.45, 7) is 1.69. The largest absolute Gasteiger partial charge is 0.488 e. The van der Waals surface area contributed by atoms with Gasteiger partial charge in [0.2, 0.25) is 0 Å². The Morgan fingerprint density at radius 1 is 1.20 bits per heavy atom. The molecular weight excluding hydrogens is 302 g/mol. The summed E-state index contributed by atoms with van der Waals surface area (Å²) in [6.07, 6.45) is -0.831. The molecule has 106 valence electrons. The van der Waals surface area contributed by atoms with Gasteiger partial charge < -0.3 is 9.84 Å². The maximum Gasteiger partial charge on any atom is 0.125 e. The Hall–Kier alpha value is -1.29. The summed E-state index contributed by atoms with van der Waals surface area (Å²) >= 11 is 12.1. The summed E-state index contributed by atoms with van der Waals surface area (Å²) in [5.41, 5.74) is 1.03. The zero-order valence-corrected chi connectivity index (χ0v) is 12.2. The molecule has 0 amide bonds. The van der Waals surface area contributed by atoms with Gasteiger partial charge in [-0.2, -0.15) is 0 Å². The molecule has 0 radical (unpaired) electrons. The minimum Gasteiger partial charge on any atom is -0.488 e. The lowest BCUT2D eigenvalue weighted by molar-refractivity contribution is 0.189. The molecule has 2 aromatic rings. The number of aliphatic hydroxyl groups excluding tert-OH is 1. The van der Waals surface area contributed by atoms with Crippen LogP contribution in [0.3, 0.4) is 0 Å². The van der Waals surface area contributed by atoms with Gasteiger partial charge in [-0.25, -0.2) is 4.39 Å². The molecule has 0 aliphatic heterocycles. The molecule has 20 heavy (non-hydrogen) atoms. The fourth-order valence-electron chi connectivity index (χ4n) is 1.80. The zero-order valence-electron chi connectivity index (χ0n) is 10.7. The lowest BCUT2D eigenvalue weighted by Gasteiger charge is -2.14. The second kappa shape index (κ2) is 6.44. The number of rotatable bonds is 4. The number of aliphatic hydroxyl groups is 1. The van der Waals surface area contributed by atoms with Gasteiger partial charge >= 0.3 is 0 Å². The van der Waals surface area contributed by atoms with Crippen LogP contribution in [-0.4, -0.2) is 5.11 Å². The van der Waals surface area contributed by atoms with Crippen LogP contribution >= 0.6 is 23.2 Å². The quantitative estimate of drug-likeness (QED) is 0.881. The molecule has 0 saturated carbocycles. The van der Waals surface area contributed by atoms with Gasteiger partial charge in [0, 0.05) is 21.2 Å². The maximum absolute atomic E-state index is 13.2. The Bertz CT molecular complexity index is 595. The average molecular weight is 315 g/mol. The molecule has 0 aromatic heterocycles. The van der Waals surface area contributed by atoms with Crippen LogP contribution in [-0.2, 0) is 6.61 Å². The predicted octanol–water partition coefficient (Wildman–Crippen LogP) is 4.76. The van der Waals surface area contributed by atoms with Gasteiger partial charge in [-0.3, -0.25) is 0 Å². The van der Waals surface area contributed by atoms with Crippen LogP contribution in [0.25, 0.3) is 0 Å². The van der Waals surface area contributed by atoms with Crippen LogP contribution in [0.1, 0.15) is 24.2 Å². The number of hydrogen-bond donors (Lipinski definition) is 1. The van der Waals surface area contributed by atoms with Gasteiger partial charge in [-0.05, 0) is 37.3 Å². The van der Waals surface area contributed by atoms with E-state index in [0.29, 0.717) is 26.9 Å². The maximum atomic E-state index is 13.2. The molecule has 2 rings (SSSR count). The normalized spacial score (nSPS) is 12.2. The fourth-order valence-corrected chi connectivity index (χ4v) is 2.30. The average Bonchev–Trinajstić information content (AvgIpc) is 2.39. The SMILES string of the molecule is C[C@H](O)c1cc(F)ccc1OCc1c(Cl)cccc1Cl. The lowest BCUT2D eigenvalue weighted by atomic mass is 10.1. The second-order valence-corrected chi connectivity index (χ2v) is 5.16. The first-order chi connectivity index (χ1) is 9.49. The van der Waals surface area contributed by atoms with E-state index in [2.05, 4.69) is 0 Å². The van der Waals surface area contributed by atoms with Crippen LogP contribution in [0.15, 0.2) is 36.4 Å². The Balaban J connectivity index is 2.23. The van der Waals surface area contributed by atoms with Crippen LogP contribution in [0, 0.1) is 5.82 Å². The molecule has 2 aromatic carbocycles. The summed E-state index contributed by atoms with van der Waals surface area (Å²) in [4.78, 5) is 0. The van der Waals surface area contributed by atoms with E-state index >= 15 is 0 Å². The van der Waals surface area contributed by atoms with E-state index in [1.165, 1.54) is 18.2 Å². The van der Waals surface area contributed by atoms with E-state index in [0.717, 1.165) is 0 Å².